The maximum absolute atomic E-state index is 11.2. The zero-order valence-electron chi connectivity index (χ0n) is 16.8. The number of aromatic nitrogens is 3. The van der Waals surface area contributed by atoms with Crippen molar-refractivity contribution in [2.24, 2.45) is 0 Å². The van der Waals surface area contributed by atoms with Crippen LogP contribution in [0.15, 0.2) is 65.4 Å². The average molecular weight is 481 g/mol. The number of ether oxygens (including phenoxy) is 1. The largest absolute Gasteiger partial charge is 0.490 e. The van der Waals surface area contributed by atoms with Gasteiger partial charge in [0.15, 0.2) is 0 Å². The van der Waals surface area contributed by atoms with Crippen LogP contribution in [0.2, 0.25) is 0 Å². The van der Waals surface area contributed by atoms with Crippen LogP contribution >= 0.6 is 15.9 Å². The molecule has 0 aliphatic rings. The van der Waals surface area contributed by atoms with Crippen molar-refractivity contribution in [2.45, 2.75) is 19.4 Å². The Kier molecular flexibility index (Phi) is 6.18. The maximum atomic E-state index is 11.2. The Balaban J connectivity index is 1.49. The molecule has 7 nitrogen and oxygen atoms in total. The van der Waals surface area contributed by atoms with Gasteiger partial charge in [-0.15, -0.1) is 0 Å². The van der Waals surface area contributed by atoms with Crippen LogP contribution in [0.4, 0.5) is 4.79 Å². The standard InChI is InChI=1S/C23H21BrN4O3/c1-14-21-10-16(4-7-22(21)28-27-14)17-9-20(12-25-11-17)31-13-19(26-23(29)30)8-15-2-5-18(24)6-3-15/h2-7,9-12,19,26H,8,13H2,1H3,(H,27,28)(H,29,30). The first-order valence-corrected chi connectivity index (χ1v) is 10.5. The third-order valence-corrected chi connectivity index (χ3v) is 5.49. The summed E-state index contributed by atoms with van der Waals surface area (Å²) in [5.41, 5.74) is 4.85. The van der Waals surface area contributed by atoms with Crippen molar-refractivity contribution in [2.75, 3.05) is 6.61 Å². The first-order valence-electron chi connectivity index (χ1n) is 9.75. The van der Waals surface area contributed by atoms with Gasteiger partial charge in [0, 0.05) is 27.3 Å². The smallest absolute Gasteiger partial charge is 0.405 e. The van der Waals surface area contributed by atoms with Gasteiger partial charge in [-0.05, 0) is 54.8 Å². The number of halogens is 1. The molecule has 0 fully saturated rings. The maximum Gasteiger partial charge on any atom is 0.405 e. The van der Waals surface area contributed by atoms with Crippen molar-refractivity contribution < 1.29 is 14.6 Å². The lowest BCUT2D eigenvalue weighted by Crippen LogP contribution is -2.39. The summed E-state index contributed by atoms with van der Waals surface area (Å²) >= 11 is 3.41. The topological polar surface area (TPSA) is 100 Å². The highest BCUT2D eigenvalue weighted by Crippen LogP contribution is 2.27. The molecule has 8 heteroatoms. The monoisotopic (exact) mass is 480 g/mol. The number of hydrogen-bond donors (Lipinski definition) is 3. The fourth-order valence-electron chi connectivity index (χ4n) is 3.40. The Hall–Kier alpha value is -3.39. The fraction of sp³-hybridized carbons (Fsp3) is 0.174. The van der Waals surface area contributed by atoms with Crippen molar-refractivity contribution in [3.63, 3.8) is 0 Å². The lowest BCUT2D eigenvalue weighted by Gasteiger charge is -2.18. The molecule has 0 aliphatic heterocycles. The summed E-state index contributed by atoms with van der Waals surface area (Å²) in [5, 5.41) is 20.0. The molecule has 158 valence electrons. The van der Waals surface area contributed by atoms with E-state index in [-0.39, 0.29) is 6.61 Å². The summed E-state index contributed by atoms with van der Waals surface area (Å²) in [5.74, 6) is 0.578. The van der Waals surface area contributed by atoms with Crippen LogP contribution in [0.1, 0.15) is 11.3 Å². The highest BCUT2D eigenvalue weighted by atomic mass is 79.9. The van der Waals surface area contributed by atoms with E-state index in [9.17, 15) is 9.90 Å². The van der Waals surface area contributed by atoms with Crippen LogP contribution in [-0.4, -0.2) is 39.0 Å². The van der Waals surface area contributed by atoms with Crippen LogP contribution < -0.4 is 10.1 Å². The Morgan fingerprint density at radius 2 is 1.97 bits per heavy atom. The van der Waals surface area contributed by atoms with Gasteiger partial charge in [-0.3, -0.25) is 10.1 Å². The third kappa shape index (κ3) is 5.21. The van der Waals surface area contributed by atoms with E-state index in [4.69, 9.17) is 4.74 Å². The molecule has 0 aliphatic carbocycles. The first kappa shape index (κ1) is 20.9. The van der Waals surface area contributed by atoms with Crippen LogP contribution in [0.5, 0.6) is 5.75 Å². The second kappa shape index (κ2) is 9.18. The lowest BCUT2D eigenvalue weighted by atomic mass is 10.0. The van der Waals surface area contributed by atoms with Crippen molar-refractivity contribution >= 4 is 32.9 Å². The molecular formula is C23H21BrN4O3. The Morgan fingerprint density at radius 3 is 2.74 bits per heavy atom. The van der Waals surface area contributed by atoms with Gasteiger partial charge in [0.05, 0.1) is 17.8 Å². The molecule has 2 heterocycles. The van der Waals surface area contributed by atoms with Gasteiger partial charge in [0.2, 0.25) is 0 Å². The first-order chi connectivity index (χ1) is 15.0. The SMILES string of the molecule is Cc1[nH]nc2ccc(-c3cncc(OCC(Cc4ccc(Br)cc4)NC(=O)O)c3)cc12. The summed E-state index contributed by atoms with van der Waals surface area (Å²) in [6.45, 7) is 2.17. The van der Waals surface area contributed by atoms with Gasteiger partial charge in [0.25, 0.3) is 0 Å². The van der Waals surface area contributed by atoms with Crippen LogP contribution in [0.25, 0.3) is 22.0 Å². The van der Waals surface area contributed by atoms with Crippen LogP contribution in [0, 0.1) is 6.92 Å². The van der Waals surface area contributed by atoms with Crippen LogP contribution in [0.3, 0.4) is 0 Å². The number of H-pyrrole nitrogens is 1. The molecule has 0 bridgehead atoms. The summed E-state index contributed by atoms with van der Waals surface area (Å²) < 4.78 is 6.88. The van der Waals surface area contributed by atoms with Crippen molar-refractivity contribution in [3.8, 4) is 16.9 Å². The molecule has 2 aromatic heterocycles. The second-order valence-corrected chi connectivity index (χ2v) is 8.19. The molecule has 4 aromatic rings. The summed E-state index contributed by atoms with van der Waals surface area (Å²) in [6.07, 6.45) is 2.84. The molecule has 4 rings (SSSR count). The minimum atomic E-state index is -1.08. The van der Waals surface area contributed by atoms with Crippen molar-refractivity contribution in [1.29, 1.82) is 0 Å². The number of rotatable bonds is 7. The summed E-state index contributed by atoms with van der Waals surface area (Å²) in [4.78, 5) is 15.5. The number of benzene rings is 2. The molecule has 0 saturated carbocycles. The molecule has 0 spiro atoms. The molecule has 0 saturated heterocycles. The van der Waals surface area contributed by atoms with Gasteiger partial charge in [-0.1, -0.05) is 34.1 Å². The van der Waals surface area contributed by atoms with E-state index in [1.54, 1.807) is 12.4 Å². The molecular weight excluding hydrogens is 460 g/mol. The number of nitrogens with zero attached hydrogens (tertiary/aromatic N) is 2. The lowest BCUT2D eigenvalue weighted by molar-refractivity contribution is 0.180. The molecule has 1 unspecified atom stereocenters. The zero-order chi connectivity index (χ0) is 21.8. The van der Waals surface area contributed by atoms with Crippen molar-refractivity contribution in [1.82, 2.24) is 20.5 Å². The number of hydrogen-bond acceptors (Lipinski definition) is 4. The van der Waals surface area contributed by atoms with E-state index in [1.165, 1.54) is 0 Å². The predicted molar refractivity (Wildman–Crippen MR) is 122 cm³/mol. The minimum Gasteiger partial charge on any atom is -0.490 e. The molecule has 31 heavy (non-hydrogen) atoms. The highest BCUT2D eigenvalue weighted by Gasteiger charge is 2.14. The van der Waals surface area contributed by atoms with E-state index in [0.29, 0.717) is 12.2 Å². The van der Waals surface area contributed by atoms with Crippen LogP contribution in [-0.2, 0) is 6.42 Å². The highest BCUT2D eigenvalue weighted by molar-refractivity contribution is 9.10. The number of pyridine rings is 1. The van der Waals surface area contributed by atoms with E-state index in [1.807, 2.05) is 49.4 Å². The number of aryl methyl sites for hydroxylation is 1. The number of nitrogens with one attached hydrogen (secondary N) is 2. The molecule has 1 amide bonds. The van der Waals surface area contributed by atoms with Gasteiger partial charge in [-0.25, -0.2) is 4.79 Å². The minimum absolute atomic E-state index is 0.188. The van der Waals surface area contributed by atoms with Gasteiger partial charge in [-0.2, -0.15) is 5.10 Å². The number of carboxylic acid groups (broad SMARTS) is 1. The zero-order valence-corrected chi connectivity index (χ0v) is 18.4. The van der Waals surface area contributed by atoms with Gasteiger partial charge < -0.3 is 15.2 Å². The number of carbonyl (C=O) groups is 1. The molecule has 0 radical (unpaired) electrons. The Labute approximate surface area is 187 Å². The molecule has 3 N–H and O–H groups in total. The van der Waals surface area contributed by atoms with E-state index < -0.39 is 12.1 Å². The Bertz CT molecular complexity index is 1210. The second-order valence-electron chi connectivity index (χ2n) is 7.28. The number of aromatic amines is 1. The van der Waals surface area contributed by atoms with E-state index in [2.05, 4.69) is 42.5 Å². The normalized spacial score (nSPS) is 11.9. The summed E-state index contributed by atoms with van der Waals surface area (Å²) in [7, 11) is 0. The van der Waals surface area contributed by atoms with E-state index in [0.717, 1.165) is 37.8 Å². The third-order valence-electron chi connectivity index (χ3n) is 4.97. The molecule has 1 atom stereocenters. The summed E-state index contributed by atoms with van der Waals surface area (Å²) in [6, 6.07) is 15.3. The predicted octanol–water partition coefficient (Wildman–Crippen LogP) is 4.95. The quantitative estimate of drug-likeness (QED) is 0.347. The van der Waals surface area contributed by atoms with E-state index >= 15 is 0 Å². The number of amides is 1. The van der Waals surface area contributed by atoms with Gasteiger partial charge >= 0.3 is 6.09 Å². The fourth-order valence-corrected chi connectivity index (χ4v) is 3.67. The van der Waals surface area contributed by atoms with Gasteiger partial charge in [0.1, 0.15) is 12.4 Å². The average Bonchev–Trinajstić information content (AvgIpc) is 3.14. The molecule has 2 aromatic carbocycles. The van der Waals surface area contributed by atoms with Crippen molar-refractivity contribution in [3.05, 3.63) is 76.7 Å². The Morgan fingerprint density at radius 1 is 1.16 bits per heavy atom. The number of fused-ring (bicyclic) bond motifs is 1.